The Labute approximate surface area is 173 Å². The molecule has 0 rings (SSSR count). The van der Waals surface area contributed by atoms with E-state index in [2.05, 4.69) is 12.8 Å². The highest BCUT2D eigenvalue weighted by Crippen LogP contribution is 2.11. The van der Waals surface area contributed by atoms with Crippen molar-refractivity contribution in [2.75, 3.05) is 6.61 Å². The molecule has 1 unspecified atom stereocenters. The second-order valence-corrected chi connectivity index (χ2v) is 7.62. The molecule has 162 valence electrons. The number of rotatable bonds is 19. The number of carbonyl (C=O) groups is 2. The Morgan fingerprint density at radius 1 is 0.750 bits per heavy atom. The summed E-state index contributed by atoms with van der Waals surface area (Å²) >= 11 is 0. The number of ether oxygens (including phenoxy) is 2. The molecule has 0 saturated carbocycles. The lowest BCUT2D eigenvalue weighted by molar-refractivity contribution is -0.146. The van der Waals surface area contributed by atoms with Gasteiger partial charge in [-0.3, -0.25) is 9.59 Å². The van der Waals surface area contributed by atoms with Crippen LogP contribution in [-0.4, -0.2) is 24.6 Å². The molecule has 0 aromatic rings. The van der Waals surface area contributed by atoms with Crippen molar-refractivity contribution in [2.45, 2.75) is 123 Å². The highest BCUT2D eigenvalue weighted by molar-refractivity contribution is 5.69. The van der Waals surface area contributed by atoms with Gasteiger partial charge in [-0.2, -0.15) is 0 Å². The third kappa shape index (κ3) is 19.3. The topological polar surface area (TPSA) is 52.6 Å². The fraction of sp³-hybridized carbons (Fsp3) is 0.833. The van der Waals surface area contributed by atoms with Crippen LogP contribution in [0.1, 0.15) is 117 Å². The lowest BCUT2D eigenvalue weighted by Gasteiger charge is -2.07. The summed E-state index contributed by atoms with van der Waals surface area (Å²) in [5, 5.41) is 0. The van der Waals surface area contributed by atoms with Crippen molar-refractivity contribution in [3.63, 3.8) is 0 Å². The first-order valence-electron chi connectivity index (χ1n) is 11.4. The van der Waals surface area contributed by atoms with Crippen LogP contribution in [0.15, 0.2) is 0 Å². The van der Waals surface area contributed by atoms with E-state index in [1.807, 2.05) is 0 Å². The Balaban J connectivity index is 3.29. The van der Waals surface area contributed by atoms with Gasteiger partial charge in [-0.1, -0.05) is 83.5 Å². The van der Waals surface area contributed by atoms with Crippen LogP contribution in [-0.2, 0) is 19.1 Å². The highest BCUT2D eigenvalue weighted by atomic mass is 16.5. The quantitative estimate of drug-likeness (QED) is 0.145. The monoisotopic (exact) mass is 394 g/mol. The van der Waals surface area contributed by atoms with E-state index in [1.54, 1.807) is 6.92 Å². The Morgan fingerprint density at radius 2 is 1.21 bits per heavy atom. The average molecular weight is 395 g/mol. The van der Waals surface area contributed by atoms with E-state index in [0.717, 1.165) is 51.4 Å². The van der Waals surface area contributed by atoms with Crippen LogP contribution in [0.25, 0.3) is 0 Å². The van der Waals surface area contributed by atoms with Crippen molar-refractivity contribution in [1.82, 2.24) is 0 Å². The van der Waals surface area contributed by atoms with Crippen LogP contribution in [0.3, 0.4) is 0 Å². The molecule has 0 spiro atoms. The predicted molar refractivity (Wildman–Crippen MR) is 115 cm³/mol. The number of esters is 2. The van der Waals surface area contributed by atoms with E-state index in [4.69, 9.17) is 15.9 Å². The minimum atomic E-state index is -0.442. The molecule has 0 heterocycles. The molecule has 0 aromatic heterocycles. The predicted octanol–water partition coefficient (Wildman–Crippen LogP) is 6.36. The summed E-state index contributed by atoms with van der Waals surface area (Å²) in [6.45, 7) is 4.50. The van der Waals surface area contributed by atoms with E-state index in [1.165, 1.54) is 38.5 Å². The minimum Gasteiger partial charge on any atom is -0.466 e. The molecule has 0 radical (unpaired) electrons. The molecule has 28 heavy (non-hydrogen) atoms. The normalized spacial score (nSPS) is 11.6. The van der Waals surface area contributed by atoms with Crippen LogP contribution in [0.2, 0.25) is 0 Å². The fourth-order valence-electron chi connectivity index (χ4n) is 3.03. The van der Waals surface area contributed by atoms with Gasteiger partial charge in [0.1, 0.15) is 0 Å². The Morgan fingerprint density at radius 3 is 1.75 bits per heavy atom. The minimum absolute atomic E-state index is 0.0617. The molecule has 0 N–H and O–H groups in total. The van der Waals surface area contributed by atoms with E-state index in [-0.39, 0.29) is 11.9 Å². The van der Waals surface area contributed by atoms with E-state index in [0.29, 0.717) is 19.4 Å². The molecule has 0 saturated heterocycles. The van der Waals surface area contributed by atoms with Crippen LogP contribution in [0.4, 0.5) is 0 Å². The van der Waals surface area contributed by atoms with Crippen molar-refractivity contribution in [1.29, 1.82) is 0 Å². The van der Waals surface area contributed by atoms with Crippen LogP contribution in [0, 0.1) is 12.3 Å². The van der Waals surface area contributed by atoms with E-state index < -0.39 is 6.10 Å². The molecule has 4 nitrogen and oxygen atoms in total. The maximum atomic E-state index is 11.7. The summed E-state index contributed by atoms with van der Waals surface area (Å²) in [5.41, 5.74) is 0. The van der Waals surface area contributed by atoms with Gasteiger partial charge < -0.3 is 9.47 Å². The molecule has 0 aliphatic rings. The molecule has 0 bridgehead atoms. The molecule has 0 aromatic carbocycles. The number of terminal acetylenes is 1. The first-order chi connectivity index (χ1) is 13.6. The summed E-state index contributed by atoms with van der Waals surface area (Å²) < 4.78 is 10.3. The standard InChI is InChI=1S/C24H42O4/c1-4-6-7-8-9-12-15-18-21-27-23(25)19-16-13-10-11-14-17-20-24(26)28-22(3)5-2/h2,22H,4,6-21H2,1,3H3. The van der Waals surface area contributed by atoms with Gasteiger partial charge in [0.25, 0.3) is 0 Å². The first-order valence-corrected chi connectivity index (χ1v) is 11.4. The smallest absolute Gasteiger partial charge is 0.307 e. The summed E-state index contributed by atoms with van der Waals surface area (Å²) in [6, 6.07) is 0. The number of hydrogen-bond acceptors (Lipinski definition) is 4. The second-order valence-electron chi connectivity index (χ2n) is 7.62. The average Bonchev–Trinajstić information content (AvgIpc) is 2.68. The van der Waals surface area contributed by atoms with Gasteiger partial charge in [0.2, 0.25) is 0 Å². The van der Waals surface area contributed by atoms with Gasteiger partial charge in [0, 0.05) is 12.8 Å². The maximum Gasteiger partial charge on any atom is 0.307 e. The third-order valence-corrected chi connectivity index (χ3v) is 4.82. The van der Waals surface area contributed by atoms with Crippen molar-refractivity contribution >= 4 is 11.9 Å². The van der Waals surface area contributed by atoms with E-state index in [9.17, 15) is 9.59 Å². The molecule has 1 atom stereocenters. The number of unbranched alkanes of at least 4 members (excludes halogenated alkanes) is 12. The SMILES string of the molecule is C#CC(C)OC(=O)CCCCCCCCC(=O)OCCCCCCCCCC. The van der Waals surface area contributed by atoms with Gasteiger partial charge in [-0.25, -0.2) is 0 Å². The van der Waals surface area contributed by atoms with Gasteiger partial charge in [0.15, 0.2) is 6.10 Å². The Hall–Kier alpha value is -1.50. The van der Waals surface area contributed by atoms with Gasteiger partial charge in [0.05, 0.1) is 6.61 Å². The Kier molecular flexibility index (Phi) is 19.2. The summed E-state index contributed by atoms with van der Waals surface area (Å²) in [6.07, 6.45) is 21.6. The lowest BCUT2D eigenvalue weighted by atomic mass is 10.1. The highest BCUT2D eigenvalue weighted by Gasteiger charge is 2.06. The van der Waals surface area contributed by atoms with Crippen molar-refractivity contribution in [3.05, 3.63) is 0 Å². The lowest BCUT2D eigenvalue weighted by Crippen LogP contribution is -2.12. The second kappa shape index (κ2) is 20.2. The first kappa shape index (κ1) is 26.5. The van der Waals surface area contributed by atoms with Gasteiger partial charge in [-0.15, -0.1) is 6.42 Å². The van der Waals surface area contributed by atoms with Crippen molar-refractivity contribution < 1.29 is 19.1 Å². The largest absolute Gasteiger partial charge is 0.466 e. The van der Waals surface area contributed by atoms with E-state index >= 15 is 0 Å². The van der Waals surface area contributed by atoms with Gasteiger partial charge >= 0.3 is 11.9 Å². The zero-order valence-corrected chi connectivity index (χ0v) is 18.3. The molecule has 0 aliphatic heterocycles. The summed E-state index contributed by atoms with van der Waals surface area (Å²) in [4.78, 5) is 23.1. The zero-order valence-electron chi connectivity index (χ0n) is 18.3. The summed E-state index contributed by atoms with van der Waals surface area (Å²) in [7, 11) is 0. The number of hydrogen-bond donors (Lipinski definition) is 0. The molecule has 4 heteroatoms. The zero-order chi connectivity index (χ0) is 20.9. The third-order valence-electron chi connectivity index (χ3n) is 4.82. The molecule has 0 fully saturated rings. The number of carbonyl (C=O) groups excluding carboxylic acids is 2. The van der Waals surface area contributed by atoms with Crippen molar-refractivity contribution in [3.8, 4) is 12.3 Å². The molecule has 0 aliphatic carbocycles. The van der Waals surface area contributed by atoms with Crippen LogP contribution < -0.4 is 0 Å². The Bertz CT molecular complexity index is 425. The molecule has 0 amide bonds. The summed E-state index contributed by atoms with van der Waals surface area (Å²) in [5.74, 6) is 2.10. The fourth-order valence-corrected chi connectivity index (χ4v) is 3.03. The van der Waals surface area contributed by atoms with Gasteiger partial charge in [-0.05, 0) is 26.2 Å². The molecular weight excluding hydrogens is 352 g/mol. The molecular formula is C24H42O4. The van der Waals surface area contributed by atoms with Crippen LogP contribution >= 0.6 is 0 Å². The maximum absolute atomic E-state index is 11.7. The van der Waals surface area contributed by atoms with Crippen molar-refractivity contribution in [2.24, 2.45) is 0 Å². The van der Waals surface area contributed by atoms with Crippen LogP contribution in [0.5, 0.6) is 0 Å².